The normalized spacial score (nSPS) is 36.6. The van der Waals surface area contributed by atoms with Gasteiger partial charge in [-0.25, -0.2) is 0 Å². The van der Waals surface area contributed by atoms with Crippen LogP contribution < -0.4 is 5.32 Å². The number of hydrogen-bond donors (Lipinski definition) is 1. The van der Waals surface area contributed by atoms with Gasteiger partial charge in [0, 0.05) is 13.1 Å². The van der Waals surface area contributed by atoms with E-state index in [2.05, 4.69) is 53.8 Å². The first kappa shape index (κ1) is 15.3. The fourth-order valence-corrected chi connectivity index (χ4v) is 4.85. The molecule has 0 aromatic heterocycles. The van der Waals surface area contributed by atoms with E-state index in [1.54, 1.807) is 0 Å². The Morgan fingerprint density at radius 2 is 1.37 bits per heavy atom. The Bertz CT molecular complexity index is 329. The van der Waals surface area contributed by atoms with E-state index in [4.69, 9.17) is 4.74 Å². The van der Waals surface area contributed by atoms with Crippen LogP contribution in [0.5, 0.6) is 0 Å². The summed E-state index contributed by atoms with van der Waals surface area (Å²) in [5, 5.41) is 3.67. The fraction of sp³-hybridized carbons (Fsp3) is 1.00. The highest BCUT2D eigenvalue weighted by atomic mass is 16.5. The lowest BCUT2D eigenvalue weighted by atomic mass is 9.59. The van der Waals surface area contributed by atoms with E-state index in [0.717, 1.165) is 13.1 Å². The van der Waals surface area contributed by atoms with Crippen molar-refractivity contribution >= 4 is 0 Å². The van der Waals surface area contributed by atoms with Crippen molar-refractivity contribution in [2.24, 2.45) is 16.7 Å². The first-order valence-electron chi connectivity index (χ1n) is 7.89. The zero-order valence-electron chi connectivity index (χ0n) is 14.0. The van der Waals surface area contributed by atoms with E-state index in [9.17, 15) is 0 Å². The Hall–Kier alpha value is -0.0800. The van der Waals surface area contributed by atoms with Crippen LogP contribution in [0.25, 0.3) is 0 Å². The molecule has 1 saturated carbocycles. The monoisotopic (exact) mass is 267 g/mol. The molecule has 1 atom stereocenters. The molecule has 19 heavy (non-hydrogen) atoms. The van der Waals surface area contributed by atoms with Gasteiger partial charge in [-0.1, -0.05) is 41.5 Å². The SMILES string of the molecule is CC(C)C1(C)CNCC2(CC(C)(C)CC(C)(C)C2)O1. The van der Waals surface area contributed by atoms with Crippen LogP contribution in [0, 0.1) is 16.7 Å². The van der Waals surface area contributed by atoms with Crippen molar-refractivity contribution in [2.45, 2.75) is 78.9 Å². The summed E-state index contributed by atoms with van der Waals surface area (Å²) < 4.78 is 6.77. The zero-order valence-corrected chi connectivity index (χ0v) is 14.0. The molecule has 1 aliphatic heterocycles. The van der Waals surface area contributed by atoms with Crippen LogP contribution in [0.4, 0.5) is 0 Å². The second-order valence-corrected chi connectivity index (χ2v) is 9.21. The predicted molar refractivity (Wildman–Crippen MR) is 81.3 cm³/mol. The van der Waals surface area contributed by atoms with E-state index >= 15 is 0 Å². The largest absolute Gasteiger partial charge is 0.366 e. The minimum absolute atomic E-state index is 0.0260. The third-order valence-corrected chi connectivity index (χ3v) is 5.15. The molecule has 0 radical (unpaired) electrons. The van der Waals surface area contributed by atoms with Crippen LogP contribution in [0.3, 0.4) is 0 Å². The summed E-state index contributed by atoms with van der Waals surface area (Å²) in [5.41, 5.74) is 0.752. The standard InChI is InChI=1S/C17H33NO/c1-13(2)16(7)11-18-12-17(19-16)9-14(3,4)8-15(5,6)10-17/h13,18H,8-12H2,1-7H3. The van der Waals surface area contributed by atoms with Gasteiger partial charge in [0.05, 0.1) is 11.2 Å². The third kappa shape index (κ3) is 3.16. The highest BCUT2D eigenvalue weighted by Crippen LogP contribution is 2.53. The van der Waals surface area contributed by atoms with Crippen molar-refractivity contribution in [2.75, 3.05) is 13.1 Å². The van der Waals surface area contributed by atoms with Gasteiger partial charge in [-0.2, -0.15) is 0 Å². The molecule has 1 saturated heterocycles. The summed E-state index contributed by atoms with van der Waals surface area (Å²) in [7, 11) is 0. The molecule has 2 fully saturated rings. The summed E-state index contributed by atoms with van der Waals surface area (Å²) in [6, 6.07) is 0. The minimum Gasteiger partial charge on any atom is -0.366 e. The van der Waals surface area contributed by atoms with Gasteiger partial charge in [-0.15, -0.1) is 0 Å². The van der Waals surface area contributed by atoms with Gasteiger partial charge in [0.15, 0.2) is 0 Å². The summed E-state index contributed by atoms with van der Waals surface area (Å²) in [6.07, 6.45) is 3.65. The maximum Gasteiger partial charge on any atom is 0.0824 e. The molecule has 2 aliphatic rings. The van der Waals surface area contributed by atoms with Gasteiger partial charge in [0.2, 0.25) is 0 Å². The topological polar surface area (TPSA) is 21.3 Å². The smallest absolute Gasteiger partial charge is 0.0824 e. The van der Waals surface area contributed by atoms with Gasteiger partial charge in [-0.3, -0.25) is 0 Å². The molecule has 2 nitrogen and oxygen atoms in total. The number of ether oxygens (including phenoxy) is 1. The van der Waals surface area contributed by atoms with E-state index in [1.165, 1.54) is 19.3 Å². The van der Waals surface area contributed by atoms with Crippen LogP contribution in [0.1, 0.15) is 67.7 Å². The predicted octanol–water partition coefficient (Wildman–Crippen LogP) is 4.00. The number of morpholine rings is 1. The van der Waals surface area contributed by atoms with Gasteiger partial charge < -0.3 is 10.1 Å². The molecule has 1 unspecified atom stereocenters. The highest BCUT2D eigenvalue weighted by molar-refractivity contribution is 5.04. The quantitative estimate of drug-likeness (QED) is 0.775. The van der Waals surface area contributed by atoms with E-state index in [1.807, 2.05) is 0 Å². The Morgan fingerprint density at radius 1 is 0.842 bits per heavy atom. The third-order valence-electron chi connectivity index (χ3n) is 5.15. The van der Waals surface area contributed by atoms with E-state index in [-0.39, 0.29) is 11.2 Å². The molecule has 2 rings (SSSR count). The molecule has 1 N–H and O–H groups in total. The number of hydrogen-bond acceptors (Lipinski definition) is 2. The van der Waals surface area contributed by atoms with Crippen molar-refractivity contribution in [1.29, 1.82) is 0 Å². The summed E-state index contributed by atoms with van der Waals surface area (Å²) >= 11 is 0. The first-order valence-corrected chi connectivity index (χ1v) is 7.89. The molecular formula is C17H33NO. The van der Waals surface area contributed by atoms with E-state index in [0.29, 0.717) is 16.7 Å². The molecule has 0 aromatic carbocycles. The lowest BCUT2D eigenvalue weighted by molar-refractivity contribution is -0.228. The average Bonchev–Trinajstić information content (AvgIpc) is 2.10. The molecule has 1 aliphatic carbocycles. The Labute approximate surface area is 119 Å². The molecule has 0 aromatic rings. The minimum atomic E-state index is -0.0260. The second kappa shape index (κ2) is 4.46. The molecular weight excluding hydrogens is 234 g/mol. The fourth-order valence-electron chi connectivity index (χ4n) is 4.85. The van der Waals surface area contributed by atoms with Crippen molar-refractivity contribution in [3.05, 3.63) is 0 Å². The highest BCUT2D eigenvalue weighted by Gasteiger charge is 2.53. The molecule has 1 heterocycles. The van der Waals surface area contributed by atoms with Crippen LogP contribution in [-0.2, 0) is 4.74 Å². The van der Waals surface area contributed by atoms with Gasteiger partial charge in [-0.05, 0) is 42.9 Å². The Morgan fingerprint density at radius 3 is 1.84 bits per heavy atom. The number of nitrogens with one attached hydrogen (secondary N) is 1. The summed E-state index contributed by atoms with van der Waals surface area (Å²) in [4.78, 5) is 0. The average molecular weight is 267 g/mol. The van der Waals surface area contributed by atoms with Crippen LogP contribution in [0.2, 0.25) is 0 Å². The van der Waals surface area contributed by atoms with Crippen molar-refractivity contribution in [1.82, 2.24) is 5.32 Å². The maximum absolute atomic E-state index is 6.77. The molecule has 1 spiro atoms. The summed E-state index contributed by atoms with van der Waals surface area (Å²) in [6.45, 7) is 18.4. The van der Waals surface area contributed by atoms with Crippen LogP contribution in [0.15, 0.2) is 0 Å². The lowest BCUT2D eigenvalue weighted by Gasteiger charge is -2.57. The maximum atomic E-state index is 6.77. The molecule has 2 heteroatoms. The molecule has 112 valence electrons. The van der Waals surface area contributed by atoms with Gasteiger partial charge in [0.1, 0.15) is 0 Å². The first-order chi connectivity index (χ1) is 8.48. The Kier molecular flexibility index (Phi) is 3.59. The second-order valence-electron chi connectivity index (χ2n) is 9.21. The van der Waals surface area contributed by atoms with Crippen molar-refractivity contribution in [3.8, 4) is 0 Å². The lowest BCUT2D eigenvalue weighted by Crippen LogP contribution is -2.64. The zero-order chi connectivity index (χ0) is 14.5. The Balaban J connectivity index is 2.26. The summed E-state index contributed by atoms with van der Waals surface area (Å²) in [5.74, 6) is 0.547. The van der Waals surface area contributed by atoms with Crippen molar-refractivity contribution < 1.29 is 4.74 Å². The molecule has 0 amide bonds. The molecule has 0 bridgehead atoms. The van der Waals surface area contributed by atoms with Gasteiger partial charge >= 0.3 is 0 Å². The van der Waals surface area contributed by atoms with Crippen molar-refractivity contribution in [3.63, 3.8) is 0 Å². The number of rotatable bonds is 1. The van der Waals surface area contributed by atoms with Gasteiger partial charge in [0.25, 0.3) is 0 Å². The van der Waals surface area contributed by atoms with Crippen LogP contribution >= 0.6 is 0 Å². The van der Waals surface area contributed by atoms with E-state index < -0.39 is 0 Å². The van der Waals surface area contributed by atoms with Crippen LogP contribution in [-0.4, -0.2) is 24.3 Å².